The molecule has 2 amide bonds. The summed E-state index contributed by atoms with van der Waals surface area (Å²) in [4.78, 5) is 16.1. The van der Waals surface area contributed by atoms with Gasteiger partial charge in [-0.25, -0.2) is 4.79 Å². The Kier molecular flexibility index (Phi) is 3.38. The zero-order valence-corrected chi connectivity index (χ0v) is 10.6. The molecule has 2 heterocycles. The summed E-state index contributed by atoms with van der Waals surface area (Å²) in [5.74, 6) is 0.631. The van der Waals surface area contributed by atoms with Crippen LogP contribution >= 0.6 is 0 Å². The minimum atomic E-state index is 0.119. The smallest absolute Gasteiger partial charge is 0.317 e. The Morgan fingerprint density at radius 2 is 2.12 bits per heavy atom. The van der Waals surface area contributed by atoms with E-state index in [1.165, 1.54) is 19.4 Å². The number of carbonyl (C=O) groups is 1. The second-order valence-electron chi connectivity index (χ2n) is 5.47. The van der Waals surface area contributed by atoms with Crippen LogP contribution in [-0.2, 0) is 0 Å². The molecule has 92 valence electrons. The summed E-state index contributed by atoms with van der Waals surface area (Å²) in [6.07, 6.45) is 2.51. The van der Waals surface area contributed by atoms with Crippen LogP contribution in [-0.4, -0.2) is 54.6 Å². The summed E-state index contributed by atoms with van der Waals surface area (Å²) >= 11 is 0. The molecule has 4 heteroatoms. The van der Waals surface area contributed by atoms with E-state index >= 15 is 0 Å². The second-order valence-corrected chi connectivity index (χ2v) is 5.47. The van der Waals surface area contributed by atoms with Crippen molar-refractivity contribution in [1.82, 2.24) is 15.1 Å². The number of carbonyl (C=O) groups excluding carboxylic acids is 1. The number of hydrogen-bond donors (Lipinski definition) is 1. The number of nitrogens with zero attached hydrogens (tertiary/aromatic N) is 2. The van der Waals surface area contributed by atoms with Crippen LogP contribution in [0.4, 0.5) is 4.79 Å². The number of piperidine rings is 1. The van der Waals surface area contributed by atoms with Crippen molar-refractivity contribution < 1.29 is 4.79 Å². The minimum absolute atomic E-state index is 0.119. The monoisotopic (exact) mass is 225 g/mol. The van der Waals surface area contributed by atoms with Crippen molar-refractivity contribution in [3.05, 3.63) is 0 Å². The first-order valence-electron chi connectivity index (χ1n) is 6.33. The zero-order chi connectivity index (χ0) is 11.7. The van der Waals surface area contributed by atoms with Gasteiger partial charge in [0.15, 0.2) is 0 Å². The largest absolute Gasteiger partial charge is 0.333 e. The van der Waals surface area contributed by atoms with Crippen LogP contribution in [0.3, 0.4) is 0 Å². The molecule has 0 aromatic carbocycles. The van der Waals surface area contributed by atoms with Gasteiger partial charge in [-0.1, -0.05) is 0 Å². The van der Waals surface area contributed by atoms with Crippen LogP contribution < -0.4 is 5.32 Å². The van der Waals surface area contributed by atoms with E-state index in [9.17, 15) is 4.79 Å². The molecule has 2 saturated heterocycles. The number of hydrogen-bond acceptors (Lipinski definition) is 2. The molecule has 0 bridgehead atoms. The lowest BCUT2D eigenvalue weighted by Crippen LogP contribution is -2.43. The third kappa shape index (κ3) is 2.32. The minimum Gasteiger partial charge on any atom is -0.333 e. The first kappa shape index (κ1) is 11.7. The van der Waals surface area contributed by atoms with Gasteiger partial charge in [-0.3, -0.25) is 0 Å². The van der Waals surface area contributed by atoms with Crippen molar-refractivity contribution >= 4 is 6.03 Å². The van der Waals surface area contributed by atoms with Crippen molar-refractivity contribution in [2.45, 2.75) is 38.8 Å². The number of nitrogens with one attached hydrogen (secondary N) is 1. The average Bonchev–Trinajstić information content (AvgIpc) is 2.60. The fraction of sp³-hybridized carbons (Fsp3) is 0.917. The van der Waals surface area contributed by atoms with Gasteiger partial charge in [0.1, 0.15) is 0 Å². The molecule has 2 unspecified atom stereocenters. The Bertz CT molecular complexity index is 267. The van der Waals surface area contributed by atoms with Crippen LogP contribution in [0.1, 0.15) is 26.7 Å². The molecule has 2 atom stereocenters. The van der Waals surface area contributed by atoms with E-state index in [0.29, 0.717) is 18.0 Å². The van der Waals surface area contributed by atoms with E-state index < -0.39 is 0 Å². The van der Waals surface area contributed by atoms with Gasteiger partial charge >= 0.3 is 6.03 Å². The van der Waals surface area contributed by atoms with Crippen LogP contribution in [0, 0.1) is 5.92 Å². The molecule has 0 spiro atoms. The van der Waals surface area contributed by atoms with Crippen LogP contribution in [0.25, 0.3) is 0 Å². The van der Waals surface area contributed by atoms with Crippen LogP contribution in [0.2, 0.25) is 0 Å². The van der Waals surface area contributed by atoms with Crippen molar-refractivity contribution in [3.8, 4) is 0 Å². The lowest BCUT2D eigenvalue weighted by atomic mass is 9.91. The van der Waals surface area contributed by atoms with Gasteiger partial charge < -0.3 is 15.1 Å². The van der Waals surface area contributed by atoms with Gasteiger partial charge in [0.2, 0.25) is 0 Å². The standard InChI is InChI=1S/C12H23N3O/c1-9(2)15-8-11(13-12(15)16)10-5-4-6-14(3)7-10/h9-11H,4-8H2,1-3H3,(H,13,16). The van der Waals surface area contributed by atoms with Crippen molar-refractivity contribution in [2.24, 2.45) is 5.92 Å². The number of amides is 2. The Morgan fingerprint density at radius 3 is 2.69 bits per heavy atom. The molecule has 0 aromatic rings. The lowest BCUT2D eigenvalue weighted by Gasteiger charge is -2.33. The highest BCUT2D eigenvalue weighted by molar-refractivity contribution is 5.77. The topological polar surface area (TPSA) is 35.6 Å². The van der Waals surface area contributed by atoms with Gasteiger partial charge in [-0.2, -0.15) is 0 Å². The van der Waals surface area contributed by atoms with E-state index in [1.54, 1.807) is 0 Å². The van der Waals surface area contributed by atoms with Gasteiger partial charge in [-0.15, -0.1) is 0 Å². The maximum absolute atomic E-state index is 11.8. The first-order chi connectivity index (χ1) is 7.58. The Labute approximate surface area is 98.0 Å². The molecular formula is C12H23N3O. The molecule has 0 aliphatic carbocycles. The fourth-order valence-corrected chi connectivity index (χ4v) is 2.83. The Morgan fingerprint density at radius 1 is 1.38 bits per heavy atom. The van der Waals surface area contributed by atoms with Gasteiger partial charge in [0.25, 0.3) is 0 Å². The molecule has 2 rings (SSSR count). The third-order valence-electron chi connectivity index (χ3n) is 3.82. The van der Waals surface area contributed by atoms with Crippen molar-refractivity contribution in [3.63, 3.8) is 0 Å². The van der Waals surface area contributed by atoms with E-state index in [4.69, 9.17) is 0 Å². The highest BCUT2D eigenvalue weighted by Gasteiger charge is 2.36. The lowest BCUT2D eigenvalue weighted by molar-refractivity contribution is 0.177. The highest BCUT2D eigenvalue weighted by Crippen LogP contribution is 2.23. The first-order valence-corrected chi connectivity index (χ1v) is 6.33. The molecule has 2 aliphatic rings. The maximum Gasteiger partial charge on any atom is 0.317 e. The zero-order valence-electron chi connectivity index (χ0n) is 10.6. The van der Waals surface area contributed by atoms with Crippen LogP contribution in [0.15, 0.2) is 0 Å². The van der Waals surface area contributed by atoms with Crippen LogP contribution in [0.5, 0.6) is 0 Å². The SMILES string of the molecule is CC(C)N1CC(C2CCCN(C)C2)NC1=O. The molecular weight excluding hydrogens is 202 g/mol. The molecule has 0 radical (unpaired) electrons. The number of rotatable bonds is 2. The summed E-state index contributed by atoms with van der Waals surface area (Å²) in [7, 11) is 2.17. The van der Waals surface area contributed by atoms with E-state index in [-0.39, 0.29) is 6.03 Å². The molecule has 2 fully saturated rings. The summed E-state index contributed by atoms with van der Waals surface area (Å²) < 4.78 is 0. The second kappa shape index (κ2) is 4.62. The Hall–Kier alpha value is -0.770. The molecule has 4 nitrogen and oxygen atoms in total. The Balaban J connectivity index is 1.94. The highest BCUT2D eigenvalue weighted by atomic mass is 16.2. The van der Waals surface area contributed by atoms with Crippen molar-refractivity contribution in [2.75, 3.05) is 26.7 Å². The molecule has 16 heavy (non-hydrogen) atoms. The fourth-order valence-electron chi connectivity index (χ4n) is 2.83. The summed E-state index contributed by atoms with van der Waals surface area (Å²) in [5.41, 5.74) is 0. The number of urea groups is 1. The van der Waals surface area contributed by atoms with E-state index in [0.717, 1.165) is 13.1 Å². The predicted octanol–water partition coefficient (Wildman–Crippen LogP) is 1.13. The van der Waals surface area contributed by atoms with Gasteiger partial charge in [-0.05, 0) is 46.2 Å². The normalized spacial score (nSPS) is 32.2. The van der Waals surface area contributed by atoms with E-state index in [2.05, 4.69) is 31.1 Å². The third-order valence-corrected chi connectivity index (χ3v) is 3.82. The molecule has 2 aliphatic heterocycles. The predicted molar refractivity (Wildman–Crippen MR) is 64.4 cm³/mol. The maximum atomic E-state index is 11.8. The molecule has 0 saturated carbocycles. The quantitative estimate of drug-likeness (QED) is 0.764. The number of likely N-dealkylation sites (tertiary alicyclic amines) is 1. The summed E-state index contributed by atoms with van der Waals surface area (Å²) in [6, 6.07) is 0.789. The summed E-state index contributed by atoms with van der Waals surface area (Å²) in [5, 5.41) is 3.14. The van der Waals surface area contributed by atoms with Gasteiger partial charge in [0, 0.05) is 19.1 Å². The van der Waals surface area contributed by atoms with Crippen molar-refractivity contribution in [1.29, 1.82) is 0 Å². The molecule has 0 aromatic heterocycles. The molecule has 1 N–H and O–H groups in total. The van der Waals surface area contributed by atoms with E-state index in [1.807, 2.05) is 4.90 Å². The average molecular weight is 225 g/mol. The van der Waals surface area contributed by atoms with Gasteiger partial charge in [0.05, 0.1) is 6.04 Å². The summed E-state index contributed by atoms with van der Waals surface area (Å²) in [6.45, 7) is 7.36.